The van der Waals surface area contributed by atoms with Gasteiger partial charge in [-0.3, -0.25) is 14.5 Å². The summed E-state index contributed by atoms with van der Waals surface area (Å²) in [4.78, 5) is 28.9. The van der Waals surface area contributed by atoms with Crippen molar-refractivity contribution in [2.75, 3.05) is 31.3 Å². The minimum Gasteiger partial charge on any atom is -0.507 e. The number of unbranched alkanes of at least 4 members (excludes halogenated alkanes) is 2. The van der Waals surface area contributed by atoms with Gasteiger partial charge in [0.15, 0.2) is 27.3 Å². The molecular formula is C35H34ClN3O7S2. The first-order valence-corrected chi connectivity index (χ1v) is 17.9. The van der Waals surface area contributed by atoms with E-state index in [1.165, 1.54) is 28.0 Å². The largest absolute Gasteiger partial charge is 0.507 e. The summed E-state index contributed by atoms with van der Waals surface area (Å²) < 4.78 is 24.0. The van der Waals surface area contributed by atoms with Gasteiger partial charge in [0.1, 0.15) is 19.0 Å². The van der Waals surface area contributed by atoms with Crippen LogP contribution in [0, 0.1) is 0 Å². The maximum Gasteiger partial charge on any atom is 0.301 e. The molecule has 13 heteroatoms. The number of rotatable bonds is 13. The molecule has 0 spiro atoms. The molecule has 1 unspecified atom stereocenters. The van der Waals surface area contributed by atoms with Crippen molar-refractivity contribution in [1.82, 2.24) is 10.2 Å². The summed E-state index contributed by atoms with van der Waals surface area (Å²) in [6.45, 7) is 5.65. The maximum absolute atomic E-state index is 13.8. The Kier molecular flexibility index (Phi) is 10.7. The van der Waals surface area contributed by atoms with Crippen molar-refractivity contribution in [2.45, 2.75) is 49.2 Å². The molecule has 10 nitrogen and oxygen atoms in total. The number of fused-ring (bicyclic) bond motifs is 1. The predicted octanol–water partition coefficient (Wildman–Crippen LogP) is 7.85. The lowest BCUT2D eigenvalue weighted by Crippen LogP contribution is -2.29. The number of Topliss-reactive ketones (excluding diaryl/α,β-unsaturated/α-hetero) is 1. The Morgan fingerprint density at radius 1 is 0.979 bits per heavy atom. The number of thioether (sulfide) groups is 1. The summed E-state index contributed by atoms with van der Waals surface area (Å²) in [6, 6.07) is 16.7. The molecule has 1 amide bonds. The predicted molar refractivity (Wildman–Crippen MR) is 186 cm³/mol. The van der Waals surface area contributed by atoms with E-state index in [2.05, 4.69) is 17.1 Å². The van der Waals surface area contributed by atoms with Gasteiger partial charge in [-0.05, 0) is 66.9 Å². The lowest BCUT2D eigenvalue weighted by Gasteiger charge is -2.24. The second kappa shape index (κ2) is 15.3. The first kappa shape index (κ1) is 33.6. The van der Waals surface area contributed by atoms with E-state index in [0.29, 0.717) is 75.7 Å². The Morgan fingerprint density at radius 3 is 2.54 bits per heavy atom. The molecule has 2 aliphatic heterocycles. The number of ether oxygens (including phenoxy) is 4. The molecule has 250 valence electrons. The number of carbonyl (C=O) groups excluding carboxylic acids is 2. The quantitative estimate of drug-likeness (QED) is 0.0367. The highest BCUT2D eigenvalue weighted by molar-refractivity contribution is 8.00. The van der Waals surface area contributed by atoms with Crippen LogP contribution in [0.4, 0.5) is 5.13 Å². The molecule has 3 heterocycles. The number of benzene rings is 3. The van der Waals surface area contributed by atoms with Gasteiger partial charge in [-0.2, -0.15) is 0 Å². The van der Waals surface area contributed by atoms with Crippen molar-refractivity contribution < 1.29 is 33.6 Å². The van der Waals surface area contributed by atoms with E-state index in [0.717, 1.165) is 24.8 Å². The number of aliphatic hydroxyl groups is 1. The van der Waals surface area contributed by atoms with E-state index in [1.807, 2.05) is 31.2 Å². The zero-order valence-corrected chi connectivity index (χ0v) is 28.8. The number of hydrogen-bond donors (Lipinski definition) is 1. The van der Waals surface area contributed by atoms with Gasteiger partial charge in [0, 0.05) is 16.3 Å². The fourth-order valence-electron chi connectivity index (χ4n) is 5.39. The Balaban J connectivity index is 1.40. The number of anilines is 1. The van der Waals surface area contributed by atoms with E-state index >= 15 is 0 Å². The lowest BCUT2D eigenvalue weighted by molar-refractivity contribution is -0.132. The Bertz CT molecular complexity index is 1830. The van der Waals surface area contributed by atoms with Gasteiger partial charge in [-0.1, -0.05) is 72.7 Å². The van der Waals surface area contributed by atoms with Crippen LogP contribution >= 0.6 is 34.7 Å². The summed E-state index contributed by atoms with van der Waals surface area (Å²) in [6.07, 6.45) is 3.00. The van der Waals surface area contributed by atoms with Crippen LogP contribution in [0.1, 0.15) is 55.8 Å². The molecular weight excluding hydrogens is 674 g/mol. The second-order valence-corrected chi connectivity index (χ2v) is 13.6. The number of halogens is 1. The molecule has 6 rings (SSSR count). The van der Waals surface area contributed by atoms with Crippen LogP contribution in [0.5, 0.6) is 23.0 Å². The monoisotopic (exact) mass is 707 g/mol. The van der Waals surface area contributed by atoms with Crippen molar-refractivity contribution in [3.05, 3.63) is 87.9 Å². The van der Waals surface area contributed by atoms with Crippen molar-refractivity contribution in [1.29, 1.82) is 0 Å². The number of aliphatic hydroxyl groups excluding tert-OH is 1. The Hall–Kier alpha value is -4.26. The summed E-state index contributed by atoms with van der Waals surface area (Å²) in [5, 5.41) is 21.2. The van der Waals surface area contributed by atoms with E-state index in [-0.39, 0.29) is 16.5 Å². The standard InChI is InChI=1S/C35H34ClN3O7S2/c1-3-5-6-15-44-25-13-9-22(18-27(25)43-4-2)30-29(31(40)23-10-14-26-28(19-23)46-17-16-45-26)32(41)33(42)39(30)34-37-38-35(48-34)47-20-21-7-11-24(36)12-8-21/h7-14,18-19,30,40H,3-6,15-17,20H2,1-2H3. The Labute approximate surface area is 291 Å². The smallest absolute Gasteiger partial charge is 0.301 e. The molecule has 0 radical (unpaired) electrons. The summed E-state index contributed by atoms with van der Waals surface area (Å²) in [7, 11) is 0. The van der Waals surface area contributed by atoms with Crippen LogP contribution in [-0.4, -0.2) is 53.4 Å². The van der Waals surface area contributed by atoms with Crippen LogP contribution in [0.3, 0.4) is 0 Å². The number of hydrogen-bond acceptors (Lipinski definition) is 11. The molecule has 1 saturated heterocycles. The van der Waals surface area contributed by atoms with Gasteiger partial charge >= 0.3 is 5.91 Å². The van der Waals surface area contributed by atoms with Crippen LogP contribution in [0.2, 0.25) is 5.02 Å². The highest BCUT2D eigenvalue weighted by atomic mass is 35.5. The molecule has 3 aromatic carbocycles. The van der Waals surface area contributed by atoms with Gasteiger partial charge in [0.2, 0.25) is 5.13 Å². The SMILES string of the molecule is CCCCCOc1ccc(C2C(=C(O)c3ccc4c(c3)OCCO4)C(=O)C(=O)N2c2nnc(SCc3ccc(Cl)cc3)s2)cc1OCC. The third kappa shape index (κ3) is 7.25. The number of aromatic nitrogens is 2. The molecule has 0 aliphatic carbocycles. The van der Waals surface area contributed by atoms with E-state index in [4.69, 9.17) is 30.5 Å². The zero-order valence-electron chi connectivity index (χ0n) is 26.4. The van der Waals surface area contributed by atoms with E-state index < -0.39 is 17.7 Å². The molecule has 48 heavy (non-hydrogen) atoms. The third-order valence-electron chi connectivity index (χ3n) is 7.73. The number of carbonyl (C=O) groups is 2. The highest BCUT2D eigenvalue weighted by Crippen LogP contribution is 2.46. The minimum absolute atomic E-state index is 0.0960. The van der Waals surface area contributed by atoms with Crippen molar-refractivity contribution >= 4 is 57.3 Å². The molecule has 0 bridgehead atoms. The first-order valence-electron chi connectivity index (χ1n) is 15.7. The fraction of sp³-hybridized carbons (Fsp3) is 0.314. The highest BCUT2D eigenvalue weighted by Gasteiger charge is 2.48. The molecule has 2 aliphatic rings. The average Bonchev–Trinajstić information content (AvgIpc) is 3.68. The second-order valence-electron chi connectivity index (χ2n) is 11.0. The topological polar surface area (TPSA) is 120 Å². The van der Waals surface area contributed by atoms with Crippen molar-refractivity contribution in [3.8, 4) is 23.0 Å². The number of amides is 1. The average molecular weight is 708 g/mol. The lowest BCUT2D eigenvalue weighted by atomic mass is 9.95. The molecule has 4 aromatic rings. The van der Waals surface area contributed by atoms with E-state index in [9.17, 15) is 14.7 Å². The third-order valence-corrected chi connectivity index (χ3v) is 10.1. The molecule has 1 N–H and O–H groups in total. The molecule has 1 fully saturated rings. The summed E-state index contributed by atoms with van der Waals surface area (Å²) >= 11 is 8.67. The van der Waals surface area contributed by atoms with Crippen LogP contribution in [0.15, 0.2) is 70.6 Å². The zero-order chi connectivity index (χ0) is 33.6. The Morgan fingerprint density at radius 2 is 1.77 bits per heavy atom. The minimum atomic E-state index is -1.03. The van der Waals surface area contributed by atoms with Gasteiger partial charge in [-0.15, -0.1) is 10.2 Å². The van der Waals surface area contributed by atoms with Crippen LogP contribution < -0.4 is 23.8 Å². The van der Waals surface area contributed by atoms with Crippen LogP contribution in [-0.2, 0) is 15.3 Å². The number of ketones is 1. The normalized spacial score (nSPS) is 16.7. The summed E-state index contributed by atoms with van der Waals surface area (Å²) in [5.74, 6) is 0.560. The molecule has 0 saturated carbocycles. The van der Waals surface area contributed by atoms with Crippen LogP contribution in [0.25, 0.3) is 5.76 Å². The van der Waals surface area contributed by atoms with Gasteiger partial charge < -0.3 is 24.1 Å². The van der Waals surface area contributed by atoms with Gasteiger partial charge in [0.25, 0.3) is 5.78 Å². The molecule has 1 aromatic heterocycles. The summed E-state index contributed by atoms with van der Waals surface area (Å²) in [5.41, 5.74) is 1.78. The first-order chi connectivity index (χ1) is 23.4. The van der Waals surface area contributed by atoms with Gasteiger partial charge in [0.05, 0.1) is 24.8 Å². The maximum atomic E-state index is 13.8. The number of nitrogens with zero attached hydrogens (tertiary/aromatic N) is 3. The molecule has 1 atom stereocenters. The van der Waals surface area contributed by atoms with Gasteiger partial charge in [-0.25, -0.2) is 0 Å². The van der Waals surface area contributed by atoms with Crippen molar-refractivity contribution in [3.63, 3.8) is 0 Å². The van der Waals surface area contributed by atoms with Crippen molar-refractivity contribution in [2.24, 2.45) is 0 Å². The fourth-order valence-corrected chi connectivity index (χ4v) is 7.34. The van der Waals surface area contributed by atoms with E-state index in [1.54, 1.807) is 36.4 Å².